The van der Waals surface area contributed by atoms with E-state index in [1.165, 1.54) is 12.1 Å². The maximum atomic E-state index is 11.2. The molecule has 0 saturated heterocycles. The molecule has 0 aliphatic heterocycles. The average molecular weight is 280 g/mol. The molecular weight excluding hydrogens is 273 g/mol. The van der Waals surface area contributed by atoms with Crippen LogP contribution in [-0.4, -0.2) is 18.4 Å². The zero-order chi connectivity index (χ0) is 11.9. The Kier molecular flexibility index (Phi) is 2.83. The molecule has 0 aliphatic rings. The fraction of sp³-hybridized carbons (Fsp3) is 0.125. The van der Waals surface area contributed by atoms with Gasteiger partial charge in [0.1, 0.15) is 10.7 Å². The number of nitrogens with one attached hydrogen (secondary N) is 1. The lowest BCUT2D eigenvalue weighted by molar-refractivity contribution is 0.598. The highest BCUT2D eigenvalue weighted by atomic mass is 35.5. The number of fused-ring (bicyclic) bond motifs is 1. The topological polar surface area (TPSA) is 88.8 Å². The van der Waals surface area contributed by atoms with Crippen LogP contribution in [0.15, 0.2) is 17.0 Å². The van der Waals surface area contributed by atoms with E-state index in [4.69, 9.17) is 28.3 Å². The number of imidazole rings is 1. The van der Waals surface area contributed by atoms with E-state index in [2.05, 4.69) is 9.97 Å². The van der Waals surface area contributed by atoms with E-state index in [1.807, 2.05) is 0 Å². The van der Waals surface area contributed by atoms with Crippen LogP contribution in [0.4, 0.5) is 0 Å². The number of nitrogens with two attached hydrogens (primary N) is 1. The molecule has 1 heterocycles. The van der Waals surface area contributed by atoms with E-state index in [0.717, 1.165) is 0 Å². The highest BCUT2D eigenvalue weighted by Crippen LogP contribution is 2.25. The summed E-state index contributed by atoms with van der Waals surface area (Å²) < 4.78 is 22.4. The predicted molar refractivity (Wildman–Crippen MR) is 62.0 cm³/mol. The lowest BCUT2D eigenvalue weighted by Gasteiger charge is -2.00. The second-order valence-electron chi connectivity index (χ2n) is 3.16. The van der Waals surface area contributed by atoms with E-state index in [0.29, 0.717) is 16.9 Å². The Balaban J connectivity index is 2.75. The monoisotopic (exact) mass is 279 g/mol. The van der Waals surface area contributed by atoms with Crippen LogP contribution in [0.1, 0.15) is 5.82 Å². The summed E-state index contributed by atoms with van der Waals surface area (Å²) in [6.45, 7) is 0. The molecule has 0 spiro atoms. The van der Waals surface area contributed by atoms with Crippen molar-refractivity contribution in [1.82, 2.24) is 9.97 Å². The molecular formula is C8H7Cl2N3O2S. The molecule has 86 valence electrons. The number of aromatic amines is 1. The molecule has 0 atom stereocenters. The van der Waals surface area contributed by atoms with Crippen molar-refractivity contribution < 1.29 is 8.42 Å². The first kappa shape index (κ1) is 11.7. The largest absolute Gasteiger partial charge is 0.341 e. The van der Waals surface area contributed by atoms with Crippen LogP contribution < -0.4 is 5.14 Å². The second kappa shape index (κ2) is 3.89. The summed E-state index contributed by atoms with van der Waals surface area (Å²) in [5.74, 6) is 0.746. The van der Waals surface area contributed by atoms with Gasteiger partial charge in [-0.05, 0) is 12.1 Å². The van der Waals surface area contributed by atoms with E-state index in [-0.39, 0.29) is 15.8 Å². The molecule has 8 heteroatoms. The first-order valence-electron chi connectivity index (χ1n) is 4.18. The van der Waals surface area contributed by atoms with E-state index < -0.39 is 10.0 Å². The Morgan fingerprint density at radius 3 is 2.69 bits per heavy atom. The number of benzene rings is 1. The maximum Gasteiger partial charge on any atom is 0.239 e. The highest BCUT2D eigenvalue weighted by Gasteiger charge is 2.15. The standard InChI is InChI=1S/C8H7Cl2N3O2S/c9-3-8-12-5-1-4(10)7(16(11,14)15)2-6(5)13-8/h1-2H,3H2,(H,12,13)(H2,11,14,15). The number of hydrogen-bond donors (Lipinski definition) is 2. The summed E-state index contributed by atoms with van der Waals surface area (Å²) in [4.78, 5) is 6.84. The Labute approximate surface area is 102 Å². The third kappa shape index (κ3) is 2.01. The summed E-state index contributed by atoms with van der Waals surface area (Å²) in [5.41, 5.74) is 1.08. The van der Waals surface area contributed by atoms with Gasteiger partial charge in [0, 0.05) is 0 Å². The Morgan fingerprint density at radius 2 is 2.12 bits per heavy atom. The third-order valence-corrected chi connectivity index (χ3v) is 3.65. The molecule has 0 radical (unpaired) electrons. The average Bonchev–Trinajstić information content (AvgIpc) is 2.56. The lowest BCUT2D eigenvalue weighted by Crippen LogP contribution is -2.12. The summed E-state index contributed by atoms with van der Waals surface area (Å²) in [7, 11) is -3.84. The van der Waals surface area contributed by atoms with Crippen LogP contribution in [0.25, 0.3) is 11.0 Å². The van der Waals surface area contributed by atoms with Crippen LogP contribution in [0.5, 0.6) is 0 Å². The summed E-state index contributed by atoms with van der Waals surface area (Å²) in [6.07, 6.45) is 0. The number of H-pyrrole nitrogens is 1. The second-order valence-corrected chi connectivity index (χ2v) is 5.37. The van der Waals surface area contributed by atoms with Crippen molar-refractivity contribution in [3.8, 4) is 0 Å². The SMILES string of the molecule is NS(=O)(=O)c1cc2[nH]c(CCl)nc2cc1Cl. The van der Waals surface area contributed by atoms with Gasteiger partial charge < -0.3 is 4.98 Å². The molecule has 1 aromatic carbocycles. The molecule has 0 unspecified atom stereocenters. The fourth-order valence-corrected chi connectivity index (χ4v) is 2.57. The van der Waals surface area contributed by atoms with Crippen molar-refractivity contribution in [2.75, 3.05) is 0 Å². The van der Waals surface area contributed by atoms with Gasteiger partial charge in [0.2, 0.25) is 10.0 Å². The van der Waals surface area contributed by atoms with Crippen molar-refractivity contribution in [1.29, 1.82) is 0 Å². The molecule has 0 bridgehead atoms. The van der Waals surface area contributed by atoms with Gasteiger partial charge >= 0.3 is 0 Å². The molecule has 0 amide bonds. The van der Waals surface area contributed by atoms with E-state index >= 15 is 0 Å². The number of aromatic nitrogens is 2. The third-order valence-electron chi connectivity index (χ3n) is 2.02. The van der Waals surface area contributed by atoms with Gasteiger partial charge in [-0.2, -0.15) is 0 Å². The van der Waals surface area contributed by atoms with Crippen LogP contribution in [0.2, 0.25) is 5.02 Å². The minimum absolute atomic E-state index is 0.0441. The smallest absolute Gasteiger partial charge is 0.239 e. The van der Waals surface area contributed by atoms with Crippen molar-refractivity contribution in [3.63, 3.8) is 0 Å². The van der Waals surface area contributed by atoms with Gasteiger partial charge in [0.15, 0.2) is 0 Å². The van der Waals surface area contributed by atoms with Crippen molar-refractivity contribution in [3.05, 3.63) is 23.0 Å². The van der Waals surface area contributed by atoms with Gasteiger partial charge in [-0.15, -0.1) is 11.6 Å². The number of nitrogens with zero attached hydrogens (tertiary/aromatic N) is 1. The normalized spacial score (nSPS) is 12.2. The maximum absolute atomic E-state index is 11.2. The van der Waals surface area contributed by atoms with Gasteiger partial charge in [0.05, 0.1) is 21.9 Å². The molecule has 0 aliphatic carbocycles. The minimum Gasteiger partial charge on any atom is -0.341 e. The van der Waals surface area contributed by atoms with Crippen molar-refractivity contribution >= 4 is 44.3 Å². The number of sulfonamides is 1. The Bertz CT molecular complexity index is 651. The number of primary sulfonamides is 1. The van der Waals surface area contributed by atoms with E-state index in [1.54, 1.807) is 0 Å². The number of hydrogen-bond acceptors (Lipinski definition) is 3. The number of rotatable bonds is 2. The van der Waals surface area contributed by atoms with Crippen LogP contribution in [0, 0.1) is 0 Å². The highest BCUT2D eigenvalue weighted by molar-refractivity contribution is 7.89. The van der Waals surface area contributed by atoms with Gasteiger partial charge in [-0.1, -0.05) is 11.6 Å². The molecule has 1 aromatic heterocycles. The van der Waals surface area contributed by atoms with Gasteiger partial charge in [-0.3, -0.25) is 0 Å². The van der Waals surface area contributed by atoms with Gasteiger partial charge in [0.25, 0.3) is 0 Å². The first-order chi connectivity index (χ1) is 7.41. The van der Waals surface area contributed by atoms with E-state index in [9.17, 15) is 8.42 Å². The quantitative estimate of drug-likeness (QED) is 0.819. The molecule has 5 nitrogen and oxygen atoms in total. The fourth-order valence-electron chi connectivity index (χ4n) is 1.35. The molecule has 0 saturated carbocycles. The number of halogens is 2. The van der Waals surface area contributed by atoms with Gasteiger partial charge in [-0.25, -0.2) is 18.5 Å². The molecule has 0 fully saturated rings. The molecule has 3 N–H and O–H groups in total. The van der Waals surface area contributed by atoms with Crippen molar-refractivity contribution in [2.24, 2.45) is 5.14 Å². The van der Waals surface area contributed by atoms with Crippen LogP contribution in [-0.2, 0) is 15.9 Å². The van der Waals surface area contributed by atoms with Crippen LogP contribution >= 0.6 is 23.2 Å². The minimum atomic E-state index is -3.84. The lowest BCUT2D eigenvalue weighted by atomic mass is 10.3. The zero-order valence-electron chi connectivity index (χ0n) is 7.87. The summed E-state index contributed by atoms with van der Waals surface area (Å²) >= 11 is 11.4. The predicted octanol–water partition coefficient (Wildman–Crippen LogP) is 1.60. The Hall–Kier alpha value is -0.820. The van der Waals surface area contributed by atoms with Crippen LogP contribution in [0.3, 0.4) is 0 Å². The zero-order valence-corrected chi connectivity index (χ0v) is 10.2. The Morgan fingerprint density at radius 1 is 1.44 bits per heavy atom. The number of alkyl halides is 1. The molecule has 2 rings (SSSR count). The first-order valence-corrected chi connectivity index (χ1v) is 6.64. The molecule has 16 heavy (non-hydrogen) atoms. The van der Waals surface area contributed by atoms with Crippen molar-refractivity contribution in [2.45, 2.75) is 10.8 Å². The molecule has 2 aromatic rings. The summed E-state index contributed by atoms with van der Waals surface area (Å²) in [6, 6.07) is 2.78. The summed E-state index contributed by atoms with van der Waals surface area (Å²) in [5, 5.41) is 5.06.